The molecule has 2 saturated heterocycles. The predicted octanol–water partition coefficient (Wildman–Crippen LogP) is 0.712. The van der Waals surface area contributed by atoms with Crippen molar-refractivity contribution in [3.63, 3.8) is 0 Å². The van der Waals surface area contributed by atoms with E-state index in [0.717, 1.165) is 6.42 Å². The molecule has 2 rings (SSSR count). The largest absolute Gasteiger partial charge is 0.457 e. The molecular formula is C21H36N2O8. The van der Waals surface area contributed by atoms with Crippen molar-refractivity contribution in [2.75, 3.05) is 26.3 Å². The van der Waals surface area contributed by atoms with E-state index in [1.165, 1.54) is 6.92 Å². The van der Waals surface area contributed by atoms with E-state index in [-0.39, 0.29) is 56.9 Å². The lowest BCUT2D eigenvalue weighted by atomic mass is 10.1. The van der Waals surface area contributed by atoms with E-state index in [2.05, 4.69) is 10.6 Å². The Labute approximate surface area is 183 Å². The molecule has 10 heteroatoms. The van der Waals surface area contributed by atoms with Crippen LogP contribution in [0.2, 0.25) is 0 Å². The normalized spacial score (nSPS) is 24.8. The molecule has 0 radical (unpaired) electrons. The van der Waals surface area contributed by atoms with Crippen LogP contribution in [-0.4, -0.2) is 74.5 Å². The van der Waals surface area contributed by atoms with Gasteiger partial charge in [0.2, 0.25) is 11.8 Å². The summed E-state index contributed by atoms with van der Waals surface area (Å²) in [6, 6.07) is 0. The van der Waals surface area contributed by atoms with Gasteiger partial charge in [-0.25, -0.2) is 0 Å². The van der Waals surface area contributed by atoms with E-state index in [9.17, 15) is 19.2 Å². The summed E-state index contributed by atoms with van der Waals surface area (Å²) in [6.45, 7) is 9.83. The Hall–Kier alpha value is -2.20. The molecule has 2 fully saturated rings. The molecule has 2 aliphatic rings. The smallest absolute Gasteiger partial charge is 0.308 e. The lowest BCUT2D eigenvalue weighted by molar-refractivity contribution is -0.155. The van der Waals surface area contributed by atoms with E-state index >= 15 is 0 Å². The molecule has 2 N–H and O–H groups in total. The van der Waals surface area contributed by atoms with Crippen molar-refractivity contribution < 1.29 is 38.1 Å². The number of rotatable bonds is 10. The summed E-state index contributed by atoms with van der Waals surface area (Å²) >= 11 is 0. The van der Waals surface area contributed by atoms with Crippen LogP contribution in [0.25, 0.3) is 0 Å². The van der Waals surface area contributed by atoms with E-state index in [4.69, 9.17) is 18.9 Å². The molecular weight excluding hydrogens is 408 g/mol. The van der Waals surface area contributed by atoms with Crippen molar-refractivity contribution in [2.45, 2.75) is 78.3 Å². The van der Waals surface area contributed by atoms with Gasteiger partial charge in [0.25, 0.3) is 0 Å². The van der Waals surface area contributed by atoms with Gasteiger partial charge in [-0.3, -0.25) is 19.2 Å². The Morgan fingerprint density at radius 3 is 1.77 bits per heavy atom. The number of ether oxygens (including phenoxy) is 4. The summed E-state index contributed by atoms with van der Waals surface area (Å²) < 4.78 is 22.0. The zero-order valence-electron chi connectivity index (χ0n) is 19.1. The van der Waals surface area contributed by atoms with E-state index in [1.54, 1.807) is 0 Å². The Morgan fingerprint density at radius 1 is 0.903 bits per heavy atom. The van der Waals surface area contributed by atoms with E-state index in [0.29, 0.717) is 0 Å². The average molecular weight is 445 g/mol. The number of hydrogen-bond acceptors (Lipinski definition) is 8. The second-order valence-corrected chi connectivity index (χ2v) is 7.24. The number of carbonyl (C=O) groups is 4. The van der Waals surface area contributed by atoms with Gasteiger partial charge in [0.15, 0.2) is 12.2 Å². The van der Waals surface area contributed by atoms with Gasteiger partial charge in [0, 0.05) is 25.9 Å². The molecule has 0 aromatic carbocycles. The first-order valence-electron chi connectivity index (χ1n) is 11.0. The molecule has 5 atom stereocenters. The molecule has 0 bridgehead atoms. The van der Waals surface area contributed by atoms with Crippen molar-refractivity contribution in [1.29, 1.82) is 0 Å². The predicted molar refractivity (Wildman–Crippen MR) is 111 cm³/mol. The standard InChI is InChI=1S/C19H30N2O8.C2H6/c1-4-11(2)19(25)21-8-6-16(24)29-14-10-27-17-13(9-26-18(14)17)28-15(23)5-7-20-12(3)22;1-2/h11,13-14,17-18H,4-10H2,1-3H3,(H,20,22)(H,21,25);1-2H3/t11?,13-,14+,17-,18-;/m1./s1. The van der Waals surface area contributed by atoms with Crippen molar-refractivity contribution in [3.05, 3.63) is 0 Å². The van der Waals surface area contributed by atoms with Crippen molar-refractivity contribution in [1.82, 2.24) is 10.6 Å². The number of esters is 2. The first kappa shape index (κ1) is 26.8. The lowest BCUT2D eigenvalue weighted by Gasteiger charge is -2.17. The fraction of sp³-hybridized carbons (Fsp3) is 0.810. The van der Waals surface area contributed by atoms with Crippen molar-refractivity contribution in [3.8, 4) is 0 Å². The van der Waals surface area contributed by atoms with Crippen LogP contribution in [-0.2, 0) is 38.1 Å². The Balaban J connectivity index is 0.00000233. The number of amides is 2. The topological polar surface area (TPSA) is 129 Å². The molecule has 2 heterocycles. The maximum absolute atomic E-state index is 12.0. The Morgan fingerprint density at radius 2 is 1.35 bits per heavy atom. The minimum absolute atomic E-state index is 0.0499. The van der Waals surface area contributed by atoms with E-state index in [1.807, 2.05) is 27.7 Å². The van der Waals surface area contributed by atoms with E-state index < -0.39 is 36.4 Å². The molecule has 1 unspecified atom stereocenters. The molecule has 0 aromatic heterocycles. The van der Waals surface area contributed by atoms with Gasteiger partial charge in [0.1, 0.15) is 12.2 Å². The molecule has 0 aliphatic carbocycles. The van der Waals surface area contributed by atoms with Crippen LogP contribution in [0, 0.1) is 5.92 Å². The zero-order chi connectivity index (χ0) is 23.4. The maximum atomic E-state index is 12.0. The minimum Gasteiger partial charge on any atom is -0.457 e. The van der Waals surface area contributed by atoms with Gasteiger partial charge in [-0.15, -0.1) is 0 Å². The summed E-state index contributed by atoms with van der Waals surface area (Å²) in [5, 5.41) is 5.23. The fourth-order valence-electron chi connectivity index (χ4n) is 3.07. The summed E-state index contributed by atoms with van der Waals surface area (Å²) in [7, 11) is 0. The van der Waals surface area contributed by atoms with Crippen LogP contribution in [0.5, 0.6) is 0 Å². The maximum Gasteiger partial charge on any atom is 0.308 e. The number of nitrogens with one attached hydrogen (secondary N) is 2. The molecule has 2 amide bonds. The van der Waals surface area contributed by atoms with Crippen molar-refractivity contribution >= 4 is 23.8 Å². The molecule has 10 nitrogen and oxygen atoms in total. The Kier molecular flexibility index (Phi) is 12.1. The molecule has 31 heavy (non-hydrogen) atoms. The third-order valence-corrected chi connectivity index (χ3v) is 4.92. The molecule has 178 valence electrons. The van der Waals surface area contributed by atoms with Crippen LogP contribution in [0.1, 0.15) is 53.9 Å². The van der Waals surface area contributed by atoms with Gasteiger partial charge in [-0.1, -0.05) is 27.7 Å². The first-order chi connectivity index (χ1) is 14.8. The summed E-state index contributed by atoms with van der Waals surface area (Å²) in [5.41, 5.74) is 0. The monoisotopic (exact) mass is 444 g/mol. The van der Waals surface area contributed by atoms with Crippen molar-refractivity contribution in [2.24, 2.45) is 5.92 Å². The van der Waals surface area contributed by atoms with Crippen LogP contribution in [0.15, 0.2) is 0 Å². The highest BCUT2D eigenvalue weighted by molar-refractivity contribution is 5.79. The minimum atomic E-state index is -0.583. The van der Waals surface area contributed by atoms with Gasteiger partial charge in [-0.2, -0.15) is 0 Å². The number of hydrogen-bond donors (Lipinski definition) is 2. The summed E-state index contributed by atoms with van der Waals surface area (Å²) in [6.07, 6.45) is -1.32. The molecule has 2 aliphatic heterocycles. The molecule has 0 saturated carbocycles. The van der Waals surface area contributed by atoms with Crippen LogP contribution < -0.4 is 10.6 Å². The zero-order valence-corrected chi connectivity index (χ0v) is 19.1. The highest BCUT2D eigenvalue weighted by Gasteiger charge is 2.51. The third kappa shape index (κ3) is 8.82. The van der Waals surface area contributed by atoms with Crippen LogP contribution in [0.3, 0.4) is 0 Å². The SMILES string of the molecule is CC.CCC(C)C(=O)NCCC(=O)O[C@H]1CO[C@H]2[C@@H]1OC[C@H]2OC(=O)CCNC(C)=O. The third-order valence-electron chi connectivity index (χ3n) is 4.92. The summed E-state index contributed by atoms with van der Waals surface area (Å²) in [5.74, 6) is -1.32. The van der Waals surface area contributed by atoms with Gasteiger partial charge >= 0.3 is 11.9 Å². The summed E-state index contributed by atoms with van der Waals surface area (Å²) in [4.78, 5) is 46.4. The number of carbonyl (C=O) groups excluding carboxylic acids is 4. The molecule has 0 spiro atoms. The second kappa shape index (κ2) is 14.0. The lowest BCUT2D eigenvalue weighted by Crippen LogP contribution is -2.37. The van der Waals surface area contributed by atoms with Gasteiger partial charge < -0.3 is 29.6 Å². The average Bonchev–Trinajstić information content (AvgIpc) is 3.32. The molecule has 0 aromatic rings. The Bertz CT molecular complexity index is 612. The van der Waals surface area contributed by atoms with Gasteiger partial charge in [0.05, 0.1) is 26.1 Å². The second-order valence-electron chi connectivity index (χ2n) is 7.24. The van der Waals surface area contributed by atoms with Gasteiger partial charge in [-0.05, 0) is 6.42 Å². The highest BCUT2D eigenvalue weighted by atomic mass is 16.7. The van der Waals surface area contributed by atoms with Crippen LogP contribution >= 0.6 is 0 Å². The first-order valence-corrected chi connectivity index (χ1v) is 11.0. The van der Waals surface area contributed by atoms with Crippen LogP contribution in [0.4, 0.5) is 0 Å². The number of fused-ring (bicyclic) bond motifs is 1. The fourth-order valence-corrected chi connectivity index (χ4v) is 3.07. The highest BCUT2D eigenvalue weighted by Crippen LogP contribution is 2.30. The quantitative estimate of drug-likeness (QED) is 0.472.